The van der Waals surface area contributed by atoms with E-state index in [2.05, 4.69) is 42.9 Å². The van der Waals surface area contributed by atoms with Crippen LogP contribution in [0.1, 0.15) is 17.2 Å². The third-order valence-electron chi connectivity index (χ3n) is 3.91. The highest BCUT2D eigenvalue weighted by atomic mass is 15.3. The van der Waals surface area contributed by atoms with Gasteiger partial charge in [-0.25, -0.2) is 9.97 Å². The first-order chi connectivity index (χ1) is 11.3. The number of rotatable bonds is 3. The minimum atomic E-state index is 0.312. The Morgan fingerprint density at radius 3 is 2.96 bits per heavy atom. The zero-order chi connectivity index (χ0) is 15.6. The molecule has 1 atom stereocenters. The molecule has 114 valence electrons. The molecule has 0 aliphatic carbocycles. The van der Waals surface area contributed by atoms with Gasteiger partial charge in [0.05, 0.1) is 23.1 Å². The molecule has 6 heteroatoms. The van der Waals surface area contributed by atoms with Gasteiger partial charge in [-0.1, -0.05) is 6.07 Å². The van der Waals surface area contributed by atoms with Gasteiger partial charge in [-0.3, -0.25) is 4.98 Å². The highest BCUT2D eigenvalue weighted by Crippen LogP contribution is 2.24. The number of aryl methyl sites for hydroxylation is 1. The molecule has 1 unspecified atom stereocenters. The van der Waals surface area contributed by atoms with Crippen LogP contribution in [0.25, 0.3) is 10.9 Å². The van der Waals surface area contributed by atoms with E-state index in [4.69, 9.17) is 0 Å². The number of pyridine rings is 1. The summed E-state index contributed by atoms with van der Waals surface area (Å²) in [4.78, 5) is 13.2. The van der Waals surface area contributed by atoms with Crippen molar-refractivity contribution < 1.29 is 0 Å². The fourth-order valence-corrected chi connectivity index (χ4v) is 2.70. The van der Waals surface area contributed by atoms with Crippen molar-refractivity contribution in [1.29, 1.82) is 0 Å². The fourth-order valence-electron chi connectivity index (χ4n) is 2.70. The molecule has 1 aliphatic heterocycles. The number of anilines is 2. The molecule has 0 radical (unpaired) electrons. The molecule has 0 fully saturated rings. The van der Waals surface area contributed by atoms with E-state index in [1.807, 2.05) is 31.3 Å². The van der Waals surface area contributed by atoms with Gasteiger partial charge >= 0.3 is 0 Å². The molecule has 23 heavy (non-hydrogen) atoms. The van der Waals surface area contributed by atoms with Gasteiger partial charge in [0.1, 0.15) is 0 Å². The molecule has 0 amide bonds. The third kappa shape index (κ3) is 2.70. The second-order valence-corrected chi connectivity index (χ2v) is 5.52. The Hall–Kier alpha value is -3.02. The Bertz CT molecular complexity index is 875. The van der Waals surface area contributed by atoms with Gasteiger partial charge in [0.25, 0.3) is 0 Å². The summed E-state index contributed by atoms with van der Waals surface area (Å²) in [6, 6.07) is 10.1. The van der Waals surface area contributed by atoms with Gasteiger partial charge in [0.2, 0.25) is 5.95 Å². The molecule has 6 nitrogen and oxygen atoms in total. The number of nitrogens with one attached hydrogen (secondary N) is 2. The van der Waals surface area contributed by atoms with Crippen molar-refractivity contribution >= 4 is 28.8 Å². The van der Waals surface area contributed by atoms with Crippen LogP contribution in [-0.4, -0.2) is 27.7 Å². The fraction of sp³-hybridized carbons (Fsp3) is 0.176. The molecule has 1 aromatic carbocycles. The number of hydrazone groups is 1. The van der Waals surface area contributed by atoms with Gasteiger partial charge in [-0.2, -0.15) is 5.10 Å². The van der Waals surface area contributed by atoms with Crippen LogP contribution in [-0.2, 0) is 0 Å². The predicted octanol–water partition coefficient (Wildman–Crippen LogP) is 2.75. The molecule has 0 spiro atoms. The van der Waals surface area contributed by atoms with Crippen molar-refractivity contribution in [3.05, 3.63) is 54.0 Å². The van der Waals surface area contributed by atoms with E-state index in [9.17, 15) is 0 Å². The van der Waals surface area contributed by atoms with E-state index in [0.717, 1.165) is 28.8 Å². The first-order valence-corrected chi connectivity index (χ1v) is 7.51. The van der Waals surface area contributed by atoms with Crippen molar-refractivity contribution in [2.45, 2.75) is 12.8 Å². The van der Waals surface area contributed by atoms with Gasteiger partial charge in [-0.15, -0.1) is 0 Å². The molecular weight excluding hydrogens is 288 g/mol. The Morgan fingerprint density at radius 2 is 2.17 bits per heavy atom. The molecular formula is C17H16N6. The Balaban J connectivity index is 1.70. The van der Waals surface area contributed by atoms with Crippen LogP contribution < -0.4 is 10.7 Å². The summed E-state index contributed by atoms with van der Waals surface area (Å²) >= 11 is 0. The zero-order valence-corrected chi connectivity index (χ0v) is 12.7. The van der Waals surface area contributed by atoms with Crippen LogP contribution >= 0.6 is 0 Å². The van der Waals surface area contributed by atoms with Crippen molar-refractivity contribution in [3.63, 3.8) is 0 Å². The van der Waals surface area contributed by atoms with Crippen molar-refractivity contribution in [2.24, 2.45) is 5.10 Å². The van der Waals surface area contributed by atoms with Gasteiger partial charge in [0.15, 0.2) is 0 Å². The summed E-state index contributed by atoms with van der Waals surface area (Å²) in [5.41, 5.74) is 6.97. The van der Waals surface area contributed by atoms with E-state index in [0.29, 0.717) is 11.9 Å². The summed E-state index contributed by atoms with van der Waals surface area (Å²) in [6.07, 6.45) is 5.43. The van der Waals surface area contributed by atoms with Gasteiger partial charge in [-0.05, 0) is 36.8 Å². The van der Waals surface area contributed by atoms with Crippen LogP contribution in [0.4, 0.5) is 11.6 Å². The number of fused-ring (bicyclic) bond motifs is 1. The first kappa shape index (κ1) is 13.6. The van der Waals surface area contributed by atoms with Crippen LogP contribution in [0.5, 0.6) is 0 Å². The zero-order valence-electron chi connectivity index (χ0n) is 12.7. The molecule has 2 N–H and O–H groups in total. The van der Waals surface area contributed by atoms with E-state index in [1.165, 1.54) is 5.56 Å². The summed E-state index contributed by atoms with van der Waals surface area (Å²) in [6.45, 7) is 2.84. The summed E-state index contributed by atoms with van der Waals surface area (Å²) in [5.74, 6) is 0.895. The number of nitrogens with zero attached hydrogens (tertiary/aromatic N) is 4. The Morgan fingerprint density at radius 1 is 1.22 bits per heavy atom. The molecule has 4 rings (SSSR count). The lowest BCUT2D eigenvalue weighted by Gasteiger charge is -2.11. The van der Waals surface area contributed by atoms with Gasteiger partial charge in [0, 0.05) is 30.3 Å². The highest BCUT2D eigenvalue weighted by molar-refractivity contribution is 5.84. The van der Waals surface area contributed by atoms with E-state index in [-0.39, 0.29) is 0 Å². The average Bonchev–Trinajstić information content (AvgIpc) is 3.10. The van der Waals surface area contributed by atoms with E-state index >= 15 is 0 Å². The average molecular weight is 304 g/mol. The monoisotopic (exact) mass is 304 g/mol. The summed E-state index contributed by atoms with van der Waals surface area (Å²) < 4.78 is 0. The van der Waals surface area contributed by atoms with Crippen molar-refractivity contribution in [3.8, 4) is 0 Å². The van der Waals surface area contributed by atoms with E-state index in [1.54, 1.807) is 12.4 Å². The molecule has 0 saturated carbocycles. The molecule has 0 saturated heterocycles. The third-order valence-corrected chi connectivity index (χ3v) is 3.91. The van der Waals surface area contributed by atoms with Crippen LogP contribution in [0.15, 0.2) is 47.8 Å². The van der Waals surface area contributed by atoms with E-state index < -0.39 is 0 Å². The topological polar surface area (TPSA) is 75.1 Å². The second kappa shape index (κ2) is 5.64. The molecule has 1 aliphatic rings. The van der Waals surface area contributed by atoms with Crippen molar-refractivity contribution in [2.75, 3.05) is 11.9 Å². The molecule has 2 aromatic heterocycles. The van der Waals surface area contributed by atoms with Crippen LogP contribution in [0.2, 0.25) is 0 Å². The normalized spacial score (nSPS) is 16.5. The number of aromatic nitrogens is 3. The Labute approximate surface area is 133 Å². The lowest BCUT2D eigenvalue weighted by Crippen LogP contribution is -2.08. The largest absolute Gasteiger partial charge is 0.323 e. The first-order valence-electron chi connectivity index (χ1n) is 7.51. The lowest BCUT2D eigenvalue weighted by molar-refractivity contribution is 0.765. The van der Waals surface area contributed by atoms with Crippen LogP contribution in [0, 0.1) is 6.92 Å². The minimum Gasteiger partial charge on any atom is -0.323 e. The molecule has 0 bridgehead atoms. The smallest absolute Gasteiger partial charge is 0.228 e. The minimum absolute atomic E-state index is 0.312. The summed E-state index contributed by atoms with van der Waals surface area (Å²) in [7, 11) is 0. The maximum absolute atomic E-state index is 4.60. The number of hydrogen-bond donors (Lipinski definition) is 2. The standard InChI is InChI=1S/C17H16N6/c1-11-15-7-12(13-8-19-20-9-13)4-5-16(15)23-17(21-11)22-14-3-2-6-18-10-14/h2-8,10,13,20H,9H2,1H3,(H,21,22,23). The molecule has 3 heterocycles. The number of benzene rings is 1. The highest BCUT2D eigenvalue weighted by Gasteiger charge is 2.14. The van der Waals surface area contributed by atoms with Crippen molar-refractivity contribution in [1.82, 2.24) is 20.4 Å². The summed E-state index contributed by atoms with van der Waals surface area (Å²) in [5, 5.41) is 8.34. The lowest BCUT2D eigenvalue weighted by atomic mass is 9.99. The number of hydrogen-bond acceptors (Lipinski definition) is 6. The SMILES string of the molecule is Cc1nc(Nc2cccnc2)nc2ccc(C3C=NNC3)cc12. The second-order valence-electron chi connectivity index (χ2n) is 5.52. The quantitative estimate of drug-likeness (QED) is 0.778. The predicted molar refractivity (Wildman–Crippen MR) is 91.0 cm³/mol. The van der Waals surface area contributed by atoms with Crippen LogP contribution in [0.3, 0.4) is 0 Å². The molecule has 3 aromatic rings. The Kier molecular flexibility index (Phi) is 3.34. The maximum Gasteiger partial charge on any atom is 0.228 e. The maximum atomic E-state index is 4.60. The van der Waals surface area contributed by atoms with Gasteiger partial charge < -0.3 is 10.7 Å².